The van der Waals surface area contributed by atoms with Crippen LogP contribution in [0.2, 0.25) is 0 Å². The van der Waals surface area contributed by atoms with Crippen molar-refractivity contribution in [1.82, 2.24) is 15.5 Å². The highest BCUT2D eigenvalue weighted by Crippen LogP contribution is 2.29. The van der Waals surface area contributed by atoms with Crippen molar-refractivity contribution < 1.29 is 19.5 Å². The second kappa shape index (κ2) is 8.53. The molecule has 1 aliphatic heterocycles. The van der Waals surface area contributed by atoms with Gasteiger partial charge >= 0.3 is 0 Å². The van der Waals surface area contributed by atoms with E-state index >= 15 is 0 Å². The first-order valence-corrected chi connectivity index (χ1v) is 10.6. The first-order chi connectivity index (χ1) is 14.0. The number of amides is 3. The molecule has 4 rings (SSSR count). The molecule has 1 saturated heterocycles. The van der Waals surface area contributed by atoms with Gasteiger partial charge in [0.05, 0.1) is 12.1 Å². The Kier molecular flexibility index (Phi) is 5.85. The molecule has 1 aromatic rings. The molecule has 2 fully saturated rings. The third-order valence-corrected chi connectivity index (χ3v) is 6.54. The minimum Gasteiger partial charge on any atom is -0.391 e. The maximum absolute atomic E-state index is 12.9. The van der Waals surface area contributed by atoms with Crippen molar-refractivity contribution in [3.8, 4) is 0 Å². The molecule has 1 saturated carbocycles. The van der Waals surface area contributed by atoms with Crippen LogP contribution in [0.4, 0.5) is 0 Å². The normalized spacial score (nSPS) is 27.7. The van der Waals surface area contributed by atoms with Crippen molar-refractivity contribution in [2.24, 2.45) is 11.8 Å². The van der Waals surface area contributed by atoms with Crippen molar-refractivity contribution in [2.75, 3.05) is 19.6 Å². The van der Waals surface area contributed by atoms with E-state index in [2.05, 4.69) is 22.8 Å². The largest absolute Gasteiger partial charge is 0.391 e. The van der Waals surface area contributed by atoms with Gasteiger partial charge in [0.25, 0.3) is 0 Å². The maximum atomic E-state index is 12.9. The molecule has 7 heteroatoms. The molecule has 0 bridgehead atoms. The van der Waals surface area contributed by atoms with E-state index in [4.69, 9.17) is 0 Å². The summed E-state index contributed by atoms with van der Waals surface area (Å²) in [6.07, 6.45) is 2.70. The summed E-state index contributed by atoms with van der Waals surface area (Å²) in [6.45, 7) is 1.42. The Bertz CT molecular complexity index is 771. The molecule has 2 aliphatic carbocycles. The summed E-state index contributed by atoms with van der Waals surface area (Å²) in [6, 6.07) is 7.71. The first kappa shape index (κ1) is 19.9. The summed E-state index contributed by atoms with van der Waals surface area (Å²) < 4.78 is 0. The van der Waals surface area contributed by atoms with Crippen LogP contribution in [0.15, 0.2) is 24.3 Å². The predicted molar refractivity (Wildman–Crippen MR) is 107 cm³/mol. The summed E-state index contributed by atoms with van der Waals surface area (Å²) >= 11 is 0. The molecule has 0 unspecified atom stereocenters. The zero-order chi connectivity index (χ0) is 20.4. The fourth-order valence-electron chi connectivity index (χ4n) is 4.82. The molecule has 7 nitrogen and oxygen atoms in total. The van der Waals surface area contributed by atoms with Crippen LogP contribution in [-0.4, -0.2) is 59.5 Å². The highest BCUT2D eigenvalue weighted by Gasteiger charge is 2.37. The number of carbonyl (C=O) groups is 3. The van der Waals surface area contributed by atoms with Crippen LogP contribution < -0.4 is 10.6 Å². The van der Waals surface area contributed by atoms with Gasteiger partial charge in [0.2, 0.25) is 17.7 Å². The SMILES string of the molecule is O=C1CCN(C(=O)[C@H]2CC[C@@H](O)[C@H](NC(=O)C3Cc4ccccc4C3)C2)CCN1. The third-order valence-electron chi connectivity index (χ3n) is 6.54. The Hall–Kier alpha value is -2.41. The highest BCUT2D eigenvalue weighted by atomic mass is 16.3. The van der Waals surface area contributed by atoms with E-state index in [0.29, 0.717) is 45.3 Å². The number of carbonyl (C=O) groups excluding carboxylic acids is 3. The molecule has 3 aliphatic rings. The Morgan fingerprint density at radius 3 is 2.52 bits per heavy atom. The second-order valence-corrected chi connectivity index (χ2v) is 8.49. The van der Waals surface area contributed by atoms with Gasteiger partial charge in [-0.3, -0.25) is 14.4 Å². The Morgan fingerprint density at radius 1 is 1.07 bits per heavy atom. The van der Waals surface area contributed by atoms with E-state index in [1.54, 1.807) is 4.90 Å². The molecule has 156 valence electrons. The van der Waals surface area contributed by atoms with Crippen LogP contribution in [0.1, 0.15) is 36.8 Å². The summed E-state index contributed by atoms with van der Waals surface area (Å²) in [4.78, 5) is 39.0. The molecule has 0 aromatic heterocycles. The standard InChI is InChI=1S/C22H29N3O4/c26-19-6-5-16(22(29)25-9-7-20(27)23-8-10-25)13-18(19)24-21(28)17-11-14-3-1-2-4-15(14)12-17/h1-4,16-19,26H,5-13H2,(H,23,27)(H,24,28)/t16-,18+,19+/m0/s1. The van der Waals surface area contributed by atoms with Gasteiger partial charge in [0.15, 0.2) is 0 Å². The van der Waals surface area contributed by atoms with E-state index in [9.17, 15) is 19.5 Å². The van der Waals surface area contributed by atoms with E-state index in [0.717, 1.165) is 12.8 Å². The summed E-state index contributed by atoms with van der Waals surface area (Å²) in [7, 11) is 0. The lowest BCUT2D eigenvalue weighted by Crippen LogP contribution is -2.51. The lowest BCUT2D eigenvalue weighted by atomic mass is 9.82. The van der Waals surface area contributed by atoms with Crippen LogP contribution in [0.25, 0.3) is 0 Å². The molecular formula is C22H29N3O4. The lowest BCUT2D eigenvalue weighted by Gasteiger charge is -2.35. The third kappa shape index (κ3) is 4.45. The molecule has 0 spiro atoms. The zero-order valence-corrected chi connectivity index (χ0v) is 16.6. The van der Waals surface area contributed by atoms with E-state index in [-0.39, 0.29) is 29.6 Å². The number of nitrogens with zero attached hydrogens (tertiary/aromatic N) is 1. The van der Waals surface area contributed by atoms with Crippen molar-refractivity contribution in [1.29, 1.82) is 0 Å². The molecule has 29 heavy (non-hydrogen) atoms. The van der Waals surface area contributed by atoms with Crippen LogP contribution in [0.5, 0.6) is 0 Å². The maximum Gasteiger partial charge on any atom is 0.225 e. The number of aliphatic hydroxyl groups excluding tert-OH is 1. The van der Waals surface area contributed by atoms with Crippen molar-refractivity contribution in [3.63, 3.8) is 0 Å². The molecule has 3 atom stereocenters. The Balaban J connectivity index is 1.35. The number of aliphatic hydroxyl groups is 1. The number of nitrogens with one attached hydrogen (secondary N) is 2. The van der Waals surface area contributed by atoms with Gasteiger partial charge in [-0.25, -0.2) is 0 Å². The second-order valence-electron chi connectivity index (χ2n) is 8.49. The van der Waals surface area contributed by atoms with E-state index in [1.807, 2.05) is 12.1 Å². The van der Waals surface area contributed by atoms with Crippen molar-refractivity contribution in [2.45, 2.75) is 50.7 Å². The first-order valence-electron chi connectivity index (χ1n) is 10.6. The number of hydrogen-bond donors (Lipinski definition) is 3. The zero-order valence-electron chi connectivity index (χ0n) is 16.6. The number of fused-ring (bicyclic) bond motifs is 1. The number of hydrogen-bond acceptors (Lipinski definition) is 4. The lowest BCUT2D eigenvalue weighted by molar-refractivity contribution is -0.138. The predicted octanol–water partition coefficient (Wildman–Crippen LogP) is 0.396. The smallest absolute Gasteiger partial charge is 0.225 e. The quantitative estimate of drug-likeness (QED) is 0.685. The molecule has 1 heterocycles. The average molecular weight is 399 g/mol. The minimum atomic E-state index is -0.626. The highest BCUT2D eigenvalue weighted by molar-refractivity contribution is 5.83. The molecular weight excluding hydrogens is 370 g/mol. The van der Waals surface area contributed by atoms with Gasteiger partial charge in [-0.05, 0) is 43.2 Å². The van der Waals surface area contributed by atoms with Gasteiger partial charge < -0.3 is 20.6 Å². The van der Waals surface area contributed by atoms with Gasteiger partial charge in [-0.2, -0.15) is 0 Å². The van der Waals surface area contributed by atoms with Gasteiger partial charge in [0.1, 0.15) is 0 Å². The van der Waals surface area contributed by atoms with E-state index < -0.39 is 12.1 Å². The molecule has 3 N–H and O–H groups in total. The molecule has 1 aromatic carbocycles. The van der Waals surface area contributed by atoms with Gasteiger partial charge in [-0.1, -0.05) is 24.3 Å². The van der Waals surface area contributed by atoms with Crippen LogP contribution in [0, 0.1) is 11.8 Å². The van der Waals surface area contributed by atoms with Crippen molar-refractivity contribution >= 4 is 17.7 Å². The van der Waals surface area contributed by atoms with Crippen LogP contribution in [0.3, 0.4) is 0 Å². The Morgan fingerprint density at radius 2 is 1.79 bits per heavy atom. The number of benzene rings is 1. The average Bonchev–Trinajstić information content (AvgIpc) is 3.04. The van der Waals surface area contributed by atoms with Gasteiger partial charge in [0, 0.05) is 37.9 Å². The van der Waals surface area contributed by atoms with Gasteiger partial charge in [-0.15, -0.1) is 0 Å². The van der Waals surface area contributed by atoms with E-state index in [1.165, 1.54) is 11.1 Å². The fraction of sp³-hybridized carbons (Fsp3) is 0.591. The van der Waals surface area contributed by atoms with Crippen LogP contribution in [-0.2, 0) is 27.2 Å². The van der Waals surface area contributed by atoms with Crippen LogP contribution >= 0.6 is 0 Å². The summed E-state index contributed by atoms with van der Waals surface area (Å²) in [5.41, 5.74) is 2.43. The minimum absolute atomic E-state index is 0.0259. The fourth-order valence-corrected chi connectivity index (χ4v) is 4.82. The topological polar surface area (TPSA) is 98.7 Å². The molecule has 3 amide bonds. The Labute approximate surface area is 170 Å². The van der Waals surface area contributed by atoms with Crippen molar-refractivity contribution in [3.05, 3.63) is 35.4 Å². The number of rotatable bonds is 3. The molecule has 0 radical (unpaired) electrons. The summed E-state index contributed by atoms with van der Waals surface area (Å²) in [5.74, 6) is -0.373. The summed E-state index contributed by atoms with van der Waals surface area (Å²) in [5, 5.41) is 16.2. The monoisotopic (exact) mass is 399 g/mol.